The molecular weight excluding hydrogens is 430 g/mol. The average Bonchev–Trinajstić information content (AvgIpc) is 3.67. The highest BCUT2D eigenvalue weighted by atomic mass is 16.5. The molecule has 0 atom stereocenters. The van der Waals surface area contributed by atoms with Gasteiger partial charge in [-0.3, -0.25) is 4.79 Å². The number of carbonyl (C=O) groups excluding carboxylic acids is 1. The van der Waals surface area contributed by atoms with Gasteiger partial charge in [-0.05, 0) is 36.6 Å². The van der Waals surface area contributed by atoms with E-state index < -0.39 is 0 Å². The molecule has 3 aromatic heterocycles. The summed E-state index contributed by atoms with van der Waals surface area (Å²) in [6.45, 7) is 3.43. The van der Waals surface area contributed by atoms with Gasteiger partial charge in [0.1, 0.15) is 11.5 Å². The highest BCUT2D eigenvalue weighted by molar-refractivity contribution is 6.09. The van der Waals surface area contributed by atoms with E-state index in [9.17, 15) is 4.79 Å². The maximum Gasteiger partial charge on any atom is 0.259 e. The Bertz CT molecular complexity index is 1330. The van der Waals surface area contributed by atoms with E-state index in [1.165, 1.54) is 0 Å². The van der Waals surface area contributed by atoms with E-state index >= 15 is 0 Å². The largest absolute Gasteiger partial charge is 0.378 e. The van der Waals surface area contributed by atoms with Crippen LogP contribution in [0.15, 0.2) is 59.3 Å². The Morgan fingerprint density at radius 3 is 2.71 bits per heavy atom. The normalized spacial score (nSPS) is 16.1. The number of rotatable bonds is 6. The van der Waals surface area contributed by atoms with Gasteiger partial charge in [0.25, 0.3) is 11.6 Å². The molecule has 2 fully saturated rings. The molecule has 4 aromatic rings. The number of nitrogens with one attached hydrogen (secondary N) is 1. The minimum Gasteiger partial charge on any atom is -0.378 e. The molecule has 1 N–H and O–H groups in total. The molecular formula is C26H25N5O3. The Morgan fingerprint density at radius 2 is 1.91 bits per heavy atom. The smallest absolute Gasteiger partial charge is 0.259 e. The van der Waals surface area contributed by atoms with Gasteiger partial charge in [0, 0.05) is 43.0 Å². The number of amides is 1. The van der Waals surface area contributed by atoms with Gasteiger partial charge < -0.3 is 19.5 Å². The molecule has 1 aliphatic heterocycles. The van der Waals surface area contributed by atoms with Crippen molar-refractivity contribution in [1.29, 1.82) is 0 Å². The fourth-order valence-electron chi connectivity index (χ4n) is 4.34. The number of anilines is 1. The van der Waals surface area contributed by atoms with Crippen LogP contribution in [-0.2, 0) is 11.3 Å². The zero-order chi connectivity index (χ0) is 22.9. The van der Waals surface area contributed by atoms with Crippen LogP contribution in [0.1, 0.15) is 40.4 Å². The fourth-order valence-corrected chi connectivity index (χ4v) is 4.34. The molecule has 0 spiro atoms. The predicted molar refractivity (Wildman–Crippen MR) is 128 cm³/mol. The summed E-state index contributed by atoms with van der Waals surface area (Å²) in [5, 5.41) is 8.00. The zero-order valence-electron chi connectivity index (χ0n) is 18.7. The van der Waals surface area contributed by atoms with Gasteiger partial charge in [-0.15, -0.1) is 0 Å². The van der Waals surface area contributed by atoms with Gasteiger partial charge in [-0.2, -0.15) is 0 Å². The summed E-state index contributed by atoms with van der Waals surface area (Å²) in [7, 11) is 0. The first-order valence-corrected chi connectivity index (χ1v) is 11.7. The second-order valence-electron chi connectivity index (χ2n) is 8.75. The molecule has 6 rings (SSSR count). The van der Waals surface area contributed by atoms with Gasteiger partial charge in [-0.25, -0.2) is 9.97 Å². The summed E-state index contributed by atoms with van der Waals surface area (Å²) < 4.78 is 11.0. The zero-order valence-corrected chi connectivity index (χ0v) is 18.7. The van der Waals surface area contributed by atoms with Crippen LogP contribution in [0.3, 0.4) is 0 Å². The van der Waals surface area contributed by atoms with E-state index in [0.717, 1.165) is 48.6 Å². The van der Waals surface area contributed by atoms with E-state index in [1.54, 1.807) is 6.20 Å². The van der Waals surface area contributed by atoms with Gasteiger partial charge in [0.05, 0.1) is 24.2 Å². The molecule has 0 unspecified atom stereocenters. The summed E-state index contributed by atoms with van der Waals surface area (Å²) in [6.07, 6.45) is 3.96. The van der Waals surface area contributed by atoms with Crippen LogP contribution in [0.4, 0.5) is 5.82 Å². The Labute approximate surface area is 196 Å². The topological polar surface area (TPSA) is 93.4 Å². The number of pyridine rings is 2. The Morgan fingerprint density at radius 1 is 1.09 bits per heavy atom. The summed E-state index contributed by atoms with van der Waals surface area (Å²) in [4.78, 5) is 24.8. The van der Waals surface area contributed by atoms with Crippen molar-refractivity contribution in [2.45, 2.75) is 25.3 Å². The molecule has 1 aliphatic carbocycles. The van der Waals surface area contributed by atoms with Gasteiger partial charge in [-0.1, -0.05) is 35.5 Å². The minimum absolute atomic E-state index is 0.167. The lowest BCUT2D eigenvalue weighted by Crippen LogP contribution is -2.36. The molecule has 0 bridgehead atoms. The van der Waals surface area contributed by atoms with E-state index in [1.807, 2.05) is 48.5 Å². The quantitative estimate of drug-likeness (QED) is 0.471. The fraction of sp³-hybridized carbons (Fsp3) is 0.308. The van der Waals surface area contributed by atoms with Crippen LogP contribution in [0, 0.1) is 0 Å². The van der Waals surface area contributed by atoms with Crippen LogP contribution in [-0.4, -0.2) is 47.3 Å². The van der Waals surface area contributed by atoms with Crippen molar-refractivity contribution in [3.63, 3.8) is 0 Å². The lowest BCUT2D eigenvalue weighted by Gasteiger charge is -2.28. The third-order valence-corrected chi connectivity index (χ3v) is 6.35. The standard InChI is InChI=1S/C26H25N5O3/c32-25(28-16-17-8-9-27-22(14-17)31-10-12-33-13-11-31)20-15-21(18-6-7-18)29-26-23(20)24(30-34-26)19-4-2-1-3-5-19/h1-5,8-9,14-15,18H,6-7,10-13,16H2,(H,28,32). The van der Waals surface area contributed by atoms with Crippen LogP contribution >= 0.6 is 0 Å². The number of benzene rings is 1. The molecule has 34 heavy (non-hydrogen) atoms. The van der Waals surface area contributed by atoms with E-state index in [0.29, 0.717) is 48.0 Å². The molecule has 172 valence electrons. The molecule has 1 saturated carbocycles. The second-order valence-corrected chi connectivity index (χ2v) is 8.75. The van der Waals surface area contributed by atoms with Crippen LogP contribution < -0.4 is 10.2 Å². The third kappa shape index (κ3) is 4.12. The average molecular weight is 456 g/mol. The molecule has 1 aromatic carbocycles. The molecule has 1 amide bonds. The first-order chi connectivity index (χ1) is 16.8. The SMILES string of the molecule is O=C(NCc1ccnc(N2CCOCC2)c1)c1cc(C2CC2)nc2onc(-c3ccccc3)c12. The summed E-state index contributed by atoms with van der Waals surface area (Å²) in [5.74, 6) is 1.12. The van der Waals surface area contributed by atoms with Gasteiger partial charge in [0.15, 0.2) is 0 Å². The molecule has 8 heteroatoms. The molecule has 2 aliphatic rings. The number of carbonyl (C=O) groups is 1. The van der Waals surface area contributed by atoms with Crippen molar-refractivity contribution < 1.29 is 14.1 Å². The molecule has 0 radical (unpaired) electrons. The third-order valence-electron chi connectivity index (χ3n) is 6.35. The van der Waals surface area contributed by atoms with E-state index in [4.69, 9.17) is 9.26 Å². The summed E-state index contributed by atoms with van der Waals surface area (Å²) in [6, 6.07) is 15.6. The van der Waals surface area contributed by atoms with Crippen LogP contribution in [0.25, 0.3) is 22.4 Å². The van der Waals surface area contributed by atoms with Gasteiger partial charge >= 0.3 is 0 Å². The maximum absolute atomic E-state index is 13.4. The Kier molecular flexibility index (Phi) is 5.43. The summed E-state index contributed by atoms with van der Waals surface area (Å²) in [5.41, 5.74) is 4.37. The molecule has 1 saturated heterocycles. The summed E-state index contributed by atoms with van der Waals surface area (Å²) >= 11 is 0. The number of fused-ring (bicyclic) bond motifs is 1. The van der Waals surface area contributed by atoms with Crippen LogP contribution in [0.5, 0.6) is 0 Å². The second kappa shape index (κ2) is 8.87. The van der Waals surface area contributed by atoms with Crippen molar-refractivity contribution >= 4 is 22.8 Å². The van der Waals surface area contributed by atoms with Gasteiger partial charge in [0.2, 0.25) is 0 Å². The first-order valence-electron chi connectivity index (χ1n) is 11.7. The molecule has 8 nitrogen and oxygen atoms in total. The van der Waals surface area contributed by atoms with Crippen molar-refractivity contribution in [2.24, 2.45) is 0 Å². The number of hydrogen-bond acceptors (Lipinski definition) is 7. The predicted octanol–water partition coefficient (Wildman–Crippen LogP) is 3.93. The first kappa shape index (κ1) is 20.8. The number of hydrogen-bond donors (Lipinski definition) is 1. The van der Waals surface area contributed by atoms with Crippen molar-refractivity contribution in [3.05, 3.63) is 71.5 Å². The lowest BCUT2D eigenvalue weighted by atomic mass is 10.0. The number of nitrogens with zero attached hydrogens (tertiary/aromatic N) is 4. The number of morpholine rings is 1. The maximum atomic E-state index is 13.4. The van der Waals surface area contributed by atoms with Crippen molar-refractivity contribution in [2.75, 3.05) is 31.2 Å². The van der Waals surface area contributed by atoms with E-state index in [2.05, 4.69) is 25.3 Å². The minimum atomic E-state index is -0.167. The highest BCUT2D eigenvalue weighted by Gasteiger charge is 2.29. The van der Waals surface area contributed by atoms with E-state index in [-0.39, 0.29) is 5.91 Å². The Hall–Kier alpha value is -3.78. The Balaban J connectivity index is 1.29. The monoisotopic (exact) mass is 455 g/mol. The van der Waals surface area contributed by atoms with Crippen molar-refractivity contribution in [1.82, 2.24) is 20.4 Å². The highest BCUT2D eigenvalue weighted by Crippen LogP contribution is 2.41. The lowest BCUT2D eigenvalue weighted by molar-refractivity contribution is 0.0952. The van der Waals surface area contributed by atoms with Crippen LogP contribution in [0.2, 0.25) is 0 Å². The number of ether oxygens (including phenoxy) is 1. The van der Waals surface area contributed by atoms with Crippen molar-refractivity contribution in [3.8, 4) is 11.3 Å². The number of aromatic nitrogens is 3. The molecule has 4 heterocycles.